The Morgan fingerprint density at radius 2 is 2.12 bits per heavy atom. The van der Waals surface area contributed by atoms with Crippen molar-refractivity contribution in [3.05, 3.63) is 23.2 Å². The second-order valence-electron chi connectivity index (χ2n) is 6.86. The van der Waals surface area contributed by atoms with Crippen molar-refractivity contribution in [2.75, 3.05) is 6.54 Å². The summed E-state index contributed by atoms with van der Waals surface area (Å²) in [5.41, 5.74) is 6.62. The van der Waals surface area contributed by atoms with Gasteiger partial charge in [-0.2, -0.15) is 0 Å². The van der Waals surface area contributed by atoms with Gasteiger partial charge >= 0.3 is 0 Å². The minimum atomic E-state index is -0.612. The zero-order valence-electron chi connectivity index (χ0n) is 14.0. The summed E-state index contributed by atoms with van der Waals surface area (Å²) in [5.74, 6) is -0.0663. The fourth-order valence-corrected chi connectivity index (χ4v) is 3.46. The summed E-state index contributed by atoms with van der Waals surface area (Å²) in [6, 6.07) is -0.885. The van der Waals surface area contributed by atoms with Crippen LogP contribution in [0.1, 0.15) is 59.6 Å². The van der Waals surface area contributed by atoms with Crippen LogP contribution in [0.15, 0.2) is 10.7 Å². The van der Waals surface area contributed by atoms with Crippen molar-refractivity contribution in [3.8, 4) is 0 Å². The van der Waals surface area contributed by atoms with Gasteiger partial charge in [0, 0.05) is 31.5 Å². The van der Waals surface area contributed by atoms with E-state index >= 15 is 0 Å². The minimum Gasteiger partial charge on any atom is -0.468 e. The van der Waals surface area contributed by atoms with Gasteiger partial charge in [0.2, 0.25) is 5.91 Å². The third-order valence-corrected chi connectivity index (χ3v) is 4.51. The fourth-order valence-electron chi connectivity index (χ4n) is 3.46. The molecule has 0 bridgehead atoms. The molecule has 2 aliphatic rings. The number of hydrogen-bond donors (Lipinski definition) is 2. The molecule has 1 aromatic rings. The number of aryl methyl sites for hydroxylation is 1. The topological polar surface area (TPSA) is 106 Å². The zero-order chi connectivity index (χ0) is 17.4. The largest absolute Gasteiger partial charge is 0.468 e. The molecule has 0 unspecified atom stereocenters. The Morgan fingerprint density at radius 1 is 1.38 bits per heavy atom. The van der Waals surface area contributed by atoms with Crippen LogP contribution < -0.4 is 11.1 Å². The first-order valence-corrected chi connectivity index (χ1v) is 8.39. The second-order valence-corrected chi connectivity index (χ2v) is 6.86. The maximum Gasteiger partial charge on any atom is 0.258 e. The molecule has 1 saturated heterocycles. The predicted octanol–water partition coefficient (Wildman–Crippen LogP) is 0.865. The number of carbonyl (C=O) groups is 3. The number of rotatable bonds is 3. The predicted molar refractivity (Wildman–Crippen MR) is 86.7 cm³/mol. The molecule has 3 rings (SSSR count). The van der Waals surface area contributed by atoms with Gasteiger partial charge in [-0.15, -0.1) is 0 Å². The van der Waals surface area contributed by atoms with Crippen LogP contribution in [0.3, 0.4) is 0 Å². The average molecular weight is 333 g/mol. The van der Waals surface area contributed by atoms with E-state index < -0.39 is 6.04 Å². The molecule has 130 valence electrons. The highest BCUT2D eigenvalue weighted by atomic mass is 16.3. The number of ketones is 1. The Hall–Kier alpha value is -2.15. The van der Waals surface area contributed by atoms with Crippen LogP contribution >= 0.6 is 0 Å². The smallest absolute Gasteiger partial charge is 0.258 e. The number of hydrogen-bond acceptors (Lipinski definition) is 5. The van der Waals surface area contributed by atoms with E-state index in [0.29, 0.717) is 37.1 Å². The lowest BCUT2D eigenvalue weighted by Crippen LogP contribution is -2.47. The number of Topliss-reactive ketones (excluding diaryl/α,β-unsaturated/α-hetero) is 1. The molecule has 7 heteroatoms. The molecule has 24 heavy (non-hydrogen) atoms. The summed E-state index contributed by atoms with van der Waals surface area (Å²) in [5, 5.41) is 2.83. The van der Waals surface area contributed by atoms with Gasteiger partial charge in [-0.3, -0.25) is 14.4 Å². The van der Waals surface area contributed by atoms with Crippen LogP contribution in [-0.2, 0) is 11.2 Å². The Kier molecular flexibility index (Phi) is 4.45. The summed E-state index contributed by atoms with van der Waals surface area (Å²) >= 11 is 0. The van der Waals surface area contributed by atoms with Crippen molar-refractivity contribution in [1.82, 2.24) is 10.2 Å². The third-order valence-electron chi connectivity index (χ3n) is 4.51. The molecule has 1 aliphatic carbocycles. The molecule has 1 aromatic heterocycles. The number of likely N-dealkylation sites (tertiary alicyclic amines) is 1. The Balaban J connectivity index is 1.87. The van der Waals surface area contributed by atoms with Gasteiger partial charge in [-0.1, -0.05) is 0 Å². The van der Waals surface area contributed by atoms with Gasteiger partial charge in [0.1, 0.15) is 18.1 Å². The number of nitrogens with zero attached hydrogens (tertiary/aromatic N) is 1. The van der Waals surface area contributed by atoms with Gasteiger partial charge in [-0.25, -0.2) is 0 Å². The lowest BCUT2D eigenvalue weighted by molar-refractivity contribution is -0.125. The molecule has 1 aliphatic heterocycles. The van der Waals surface area contributed by atoms with Crippen LogP contribution in [-0.4, -0.2) is 47.2 Å². The summed E-state index contributed by atoms with van der Waals surface area (Å²) in [6.45, 7) is 4.03. The van der Waals surface area contributed by atoms with Gasteiger partial charge in [0.15, 0.2) is 5.78 Å². The molecule has 2 heterocycles. The monoisotopic (exact) mass is 333 g/mol. The summed E-state index contributed by atoms with van der Waals surface area (Å²) < 4.78 is 5.43. The number of nitrogens with two attached hydrogens (primary N) is 1. The molecule has 2 atom stereocenters. The van der Waals surface area contributed by atoms with Crippen LogP contribution in [0, 0.1) is 0 Å². The summed E-state index contributed by atoms with van der Waals surface area (Å²) in [7, 11) is 0. The van der Waals surface area contributed by atoms with E-state index in [-0.39, 0.29) is 35.2 Å². The van der Waals surface area contributed by atoms with E-state index in [4.69, 9.17) is 10.2 Å². The standard InChI is InChI=1S/C17H23N3O4/c1-9(2)19-16(22)12-6-10(18)7-20(12)17(23)11-8-24-14-5-3-4-13(21)15(11)14/h8-10,12H,3-7,18H2,1-2H3,(H,19,22)/t10-,12+/m1/s1. The van der Waals surface area contributed by atoms with Crippen molar-refractivity contribution in [2.45, 2.75) is 57.7 Å². The number of fused-ring (bicyclic) bond motifs is 1. The summed E-state index contributed by atoms with van der Waals surface area (Å²) in [4.78, 5) is 39.0. The van der Waals surface area contributed by atoms with Crippen LogP contribution in [0.25, 0.3) is 0 Å². The van der Waals surface area contributed by atoms with E-state index in [2.05, 4.69) is 5.32 Å². The molecule has 0 saturated carbocycles. The van der Waals surface area contributed by atoms with Crippen LogP contribution in [0.5, 0.6) is 0 Å². The molecule has 0 aromatic carbocycles. The normalized spacial score (nSPS) is 23.5. The molecule has 3 N–H and O–H groups in total. The maximum atomic E-state index is 12.9. The molecule has 0 spiro atoms. The van der Waals surface area contributed by atoms with Gasteiger partial charge in [0.05, 0.1) is 11.1 Å². The number of amides is 2. The Bertz CT molecular complexity index is 679. The van der Waals surface area contributed by atoms with Gasteiger partial charge in [-0.05, 0) is 26.7 Å². The second kappa shape index (κ2) is 6.39. The van der Waals surface area contributed by atoms with Crippen molar-refractivity contribution in [3.63, 3.8) is 0 Å². The number of furan rings is 1. The number of nitrogens with one attached hydrogen (secondary N) is 1. The third kappa shape index (κ3) is 2.96. The Labute approximate surface area is 140 Å². The molecule has 0 radical (unpaired) electrons. The lowest BCUT2D eigenvalue weighted by Gasteiger charge is -2.24. The van der Waals surface area contributed by atoms with E-state index in [1.807, 2.05) is 13.8 Å². The minimum absolute atomic E-state index is 0.0189. The van der Waals surface area contributed by atoms with Crippen LogP contribution in [0.4, 0.5) is 0 Å². The first kappa shape index (κ1) is 16.7. The van der Waals surface area contributed by atoms with Gasteiger partial charge in [0.25, 0.3) is 5.91 Å². The molecule has 1 fully saturated rings. The van der Waals surface area contributed by atoms with Crippen molar-refractivity contribution < 1.29 is 18.8 Å². The van der Waals surface area contributed by atoms with Crippen LogP contribution in [0.2, 0.25) is 0 Å². The SMILES string of the molecule is CC(C)NC(=O)[C@@H]1C[C@@H](N)CN1C(=O)c1coc2c1C(=O)CCC2. The van der Waals surface area contributed by atoms with E-state index in [1.165, 1.54) is 11.2 Å². The highest BCUT2D eigenvalue weighted by Crippen LogP contribution is 2.29. The number of carbonyl (C=O) groups excluding carboxylic acids is 3. The highest BCUT2D eigenvalue weighted by molar-refractivity contribution is 6.10. The first-order chi connectivity index (χ1) is 11.4. The summed E-state index contributed by atoms with van der Waals surface area (Å²) in [6.07, 6.45) is 3.57. The van der Waals surface area contributed by atoms with Crippen molar-refractivity contribution >= 4 is 17.6 Å². The molecule has 2 amide bonds. The maximum absolute atomic E-state index is 12.9. The Morgan fingerprint density at radius 3 is 2.83 bits per heavy atom. The molecule has 7 nitrogen and oxygen atoms in total. The lowest BCUT2D eigenvalue weighted by atomic mass is 9.93. The fraction of sp³-hybridized carbons (Fsp3) is 0.588. The highest BCUT2D eigenvalue weighted by Gasteiger charge is 2.40. The van der Waals surface area contributed by atoms with E-state index in [0.717, 1.165) is 6.42 Å². The van der Waals surface area contributed by atoms with Gasteiger partial charge < -0.3 is 20.4 Å². The van der Waals surface area contributed by atoms with Crippen molar-refractivity contribution in [1.29, 1.82) is 0 Å². The quantitative estimate of drug-likeness (QED) is 0.853. The molecular weight excluding hydrogens is 310 g/mol. The zero-order valence-corrected chi connectivity index (χ0v) is 14.0. The van der Waals surface area contributed by atoms with Crippen molar-refractivity contribution in [2.24, 2.45) is 5.73 Å². The average Bonchev–Trinajstić information content (AvgIpc) is 3.10. The van der Waals surface area contributed by atoms with E-state index in [9.17, 15) is 14.4 Å². The first-order valence-electron chi connectivity index (χ1n) is 8.39. The van der Waals surface area contributed by atoms with E-state index in [1.54, 1.807) is 0 Å². The molecular formula is C17H23N3O4.